The molecule has 1 N–H and O–H groups in total. The van der Waals surface area contributed by atoms with Crippen molar-refractivity contribution in [3.8, 4) is 0 Å². The summed E-state index contributed by atoms with van der Waals surface area (Å²) in [5.74, 6) is 1.18. The molecule has 0 aliphatic heterocycles. The lowest BCUT2D eigenvalue weighted by atomic mass is 10.1. The number of rotatable bonds is 3. The predicted molar refractivity (Wildman–Crippen MR) is 51.2 cm³/mol. The minimum atomic E-state index is -0.118. The monoisotopic (exact) mass is 179 g/mol. The molecule has 2 atom stereocenters. The molecule has 0 aromatic heterocycles. The van der Waals surface area contributed by atoms with Crippen LogP contribution in [0.4, 0.5) is 4.39 Å². The van der Waals surface area contributed by atoms with Crippen LogP contribution in [0.2, 0.25) is 0 Å². The quantitative estimate of drug-likeness (QED) is 0.749. The van der Waals surface area contributed by atoms with Crippen molar-refractivity contribution >= 4 is 0 Å². The normalized spacial score (nSPS) is 26.0. The highest BCUT2D eigenvalue weighted by molar-refractivity contribution is 5.26. The Labute approximate surface area is 78.0 Å². The Kier molecular flexibility index (Phi) is 2.32. The second-order valence-electron chi connectivity index (χ2n) is 3.71. The van der Waals surface area contributed by atoms with Gasteiger partial charge in [-0.1, -0.05) is 12.1 Å². The second-order valence-corrected chi connectivity index (χ2v) is 3.71. The van der Waals surface area contributed by atoms with Gasteiger partial charge in [-0.15, -0.1) is 0 Å². The average molecular weight is 179 g/mol. The molecule has 1 saturated carbocycles. The van der Waals surface area contributed by atoms with Crippen LogP contribution in [0.5, 0.6) is 0 Å². The van der Waals surface area contributed by atoms with Gasteiger partial charge >= 0.3 is 0 Å². The van der Waals surface area contributed by atoms with Crippen molar-refractivity contribution in [2.24, 2.45) is 5.92 Å². The third kappa shape index (κ3) is 1.89. The third-order valence-electron chi connectivity index (χ3n) is 2.67. The number of nitrogens with one attached hydrogen (secondary N) is 1. The van der Waals surface area contributed by atoms with Crippen molar-refractivity contribution in [2.45, 2.75) is 12.3 Å². The van der Waals surface area contributed by atoms with E-state index in [1.807, 2.05) is 13.1 Å². The molecule has 0 amide bonds. The van der Waals surface area contributed by atoms with E-state index in [1.165, 1.54) is 12.5 Å². The van der Waals surface area contributed by atoms with Crippen molar-refractivity contribution in [2.75, 3.05) is 13.6 Å². The third-order valence-corrected chi connectivity index (χ3v) is 2.67. The molecule has 70 valence electrons. The summed E-state index contributed by atoms with van der Waals surface area (Å²) in [6.45, 7) is 1.04. The molecule has 0 spiro atoms. The molecule has 1 aromatic rings. The molecule has 0 radical (unpaired) electrons. The maximum atomic E-state index is 12.9. The van der Waals surface area contributed by atoms with Gasteiger partial charge in [0, 0.05) is 0 Å². The van der Waals surface area contributed by atoms with Crippen molar-refractivity contribution in [3.63, 3.8) is 0 Å². The molecule has 13 heavy (non-hydrogen) atoms. The van der Waals surface area contributed by atoms with E-state index in [9.17, 15) is 4.39 Å². The lowest BCUT2D eigenvalue weighted by Crippen LogP contribution is -2.10. The summed E-state index contributed by atoms with van der Waals surface area (Å²) < 4.78 is 12.9. The molecule has 2 heteroatoms. The first-order valence-corrected chi connectivity index (χ1v) is 4.71. The highest BCUT2D eigenvalue weighted by Crippen LogP contribution is 2.46. The highest BCUT2D eigenvalue weighted by atomic mass is 19.1. The van der Waals surface area contributed by atoms with Gasteiger partial charge in [-0.2, -0.15) is 0 Å². The zero-order valence-electron chi connectivity index (χ0n) is 7.76. The fraction of sp³-hybridized carbons (Fsp3) is 0.455. The smallest absolute Gasteiger partial charge is 0.123 e. The van der Waals surface area contributed by atoms with Crippen molar-refractivity contribution in [1.82, 2.24) is 5.32 Å². The van der Waals surface area contributed by atoms with E-state index in [2.05, 4.69) is 5.32 Å². The van der Waals surface area contributed by atoms with Gasteiger partial charge in [0.25, 0.3) is 0 Å². The van der Waals surface area contributed by atoms with Crippen molar-refractivity contribution in [1.29, 1.82) is 0 Å². The summed E-state index contributed by atoms with van der Waals surface area (Å²) in [4.78, 5) is 0. The Hall–Kier alpha value is -0.890. The maximum Gasteiger partial charge on any atom is 0.123 e. The van der Waals surface area contributed by atoms with Gasteiger partial charge in [0.05, 0.1) is 0 Å². The Balaban J connectivity index is 2.03. The first-order chi connectivity index (χ1) is 6.31. The summed E-state index contributed by atoms with van der Waals surface area (Å²) in [6.07, 6.45) is 1.20. The van der Waals surface area contributed by atoms with Gasteiger partial charge in [0.2, 0.25) is 0 Å². The SMILES string of the molecule is CNC[C@H]1C[C@H]1c1cccc(F)c1. The van der Waals surface area contributed by atoms with E-state index < -0.39 is 0 Å². The van der Waals surface area contributed by atoms with E-state index in [1.54, 1.807) is 12.1 Å². The van der Waals surface area contributed by atoms with Crippen LogP contribution in [0.15, 0.2) is 24.3 Å². The van der Waals surface area contributed by atoms with Crippen molar-refractivity contribution in [3.05, 3.63) is 35.6 Å². The molecule has 0 saturated heterocycles. The lowest BCUT2D eigenvalue weighted by Gasteiger charge is -1.99. The van der Waals surface area contributed by atoms with Crippen LogP contribution in [-0.4, -0.2) is 13.6 Å². The molecule has 1 aromatic carbocycles. The first-order valence-electron chi connectivity index (χ1n) is 4.71. The molecular formula is C11H14FN. The molecule has 1 fully saturated rings. The van der Waals surface area contributed by atoms with E-state index in [0.29, 0.717) is 11.8 Å². The average Bonchev–Trinajstić information content (AvgIpc) is 2.85. The maximum absolute atomic E-state index is 12.9. The van der Waals surface area contributed by atoms with E-state index in [-0.39, 0.29) is 5.82 Å². The van der Waals surface area contributed by atoms with Gasteiger partial charge in [-0.05, 0) is 49.5 Å². The summed E-state index contributed by atoms with van der Waals surface area (Å²) in [5.41, 5.74) is 1.15. The Morgan fingerprint density at radius 1 is 1.54 bits per heavy atom. The van der Waals surface area contributed by atoms with Gasteiger partial charge in [-0.25, -0.2) is 4.39 Å². The molecular weight excluding hydrogens is 165 g/mol. The zero-order valence-corrected chi connectivity index (χ0v) is 7.76. The van der Waals surface area contributed by atoms with Crippen LogP contribution in [0.25, 0.3) is 0 Å². The topological polar surface area (TPSA) is 12.0 Å². The Morgan fingerprint density at radius 3 is 3.08 bits per heavy atom. The van der Waals surface area contributed by atoms with Crippen LogP contribution in [-0.2, 0) is 0 Å². The predicted octanol–water partition coefficient (Wildman–Crippen LogP) is 2.15. The van der Waals surface area contributed by atoms with Crippen LogP contribution in [0.1, 0.15) is 17.9 Å². The molecule has 0 heterocycles. The Bertz CT molecular complexity index is 298. The molecule has 0 bridgehead atoms. The summed E-state index contributed by atoms with van der Waals surface area (Å²) in [6, 6.07) is 6.96. The fourth-order valence-corrected chi connectivity index (χ4v) is 1.88. The lowest BCUT2D eigenvalue weighted by molar-refractivity contribution is 0.624. The minimum Gasteiger partial charge on any atom is -0.319 e. The minimum absolute atomic E-state index is 0.118. The van der Waals surface area contributed by atoms with E-state index in [4.69, 9.17) is 0 Å². The van der Waals surface area contributed by atoms with Crippen molar-refractivity contribution < 1.29 is 4.39 Å². The second kappa shape index (κ2) is 3.46. The summed E-state index contributed by atoms with van der Waals surface area (Å²) in [7, 11) is 1.96. The molecule has 0 unspecified atom stereocenters. The number of hydrogen-bond donors (Lipinski definition) is 1. The highest BCUT2D eigenvalue weighted by Gasteiger charge is 2.37. The van der Waals surface area contributed by atoms with Gasteiger partial charge < -0.3 is 5.32 Å². The van der Waals surface area contributed by atoms with Crippen LogP contribution < -0.4 is 5.32 Å². The van der Waals surface area contributed by atoms with Gasteiger partial charge in [0.15, 0.2) is 0 Å². The van der Waals surface area contributed by atoms with E-state index >= 15 is 0 Å². The number of hydrogen-bond acceptors (Lipinski definition) is 1. The molecule has 1 nitrogen and oxygen atoms in total. The summed E-state index contributed by atoms with van der Waals surface area (Å²) in [5, 5.41) is 3.15. The first kappa shape index (κ1) is 8.70. The molecule has 1 aliphatic rings. The molecule has 1 aliphatic carbocycles. The van der Waals surface area contributed by atoms with Crippen LogP contribution in [0, 0.1) is 11.7 Å². The zero-order chi connectivity index (χ0) is 9.26. The van der Waals surface area contributed by atoms with Crippen LogP contribution >= 0.6 is 0 Å². The molecule has 2 rings (SSSR count). The largest absolute Gasteiger partial charge is 0.319 e. The fourth-order valence-electron chi connectivity index (χ4n) is 1.88. The standard InChI is InChI=1S/C11H14FN/c1-13-7-9-6-11(9)8-3-2-4-10(12)5-8/h2-5,9,11,13H,6-7H2,1H3/t9-,11+/m1/s1. The summed E-state index contributed by atoms with van der Waals surface area (Å²) >= 11 is 0. The Morgan fingerprint density at radius 2 is 2.38 bits per heavy atom. The number of benzene rings is 1. The van der Waals surface area contributed by atoms with E-state index in [0.717, 1.165) is 12.1 Å². The van der Waals surface area contributed by atoms with Crippen LogP contribution in [0.3, 0.4) is 0 Å². The van der Waals surface area contributed by atoms with Gasteiger partial charge in [0.1, 0.15) is 5.82 Å². The van der Waals surface area contributed by atoms with Gasteiger partial charge in [-0.3, -0.25) is 0 Å². The number of halogens is 1.